The molecule has 0 heterocycles. The summed E-state index contributed by atoms with van der Waals surface area (Å²) in [5.74, 6) is 0. The Morgan fingerprint density at radius 3 is 2.75 bits per heavy atom. The van der Waals surface area contributed by atoms with Crippen molar-refractivity contribution in [3.63, 3.8) is 0 Å². The number of rotatable bonds is 4. The number of nitriles is 1. The molecule has 1 rings (SSSR count). The monoisotopic (exact) mass is 238 g/mol. The van der Waals surface area contributed by atoms with Gasteiger partial charge in [0.15, 0.2) is 0 Å². The molecule has 0 amide bonds. The summed E-state index contributed by atoms with van der Waals surface area (Å²) in [6.45, 7) is 2.72. The van der Waals surface area contributed by atoms with E-state index in [-0.39, 0.29) is 12.6 Å². The van der Waals surface area contributed by atoms with Crippen LogP contribution in [0.3, 0.4) is 0 Å². The second-order valence-electron chi connectivity index (χ2n) is 3.86. The fraction of sp³-hybridized carbons (Fsp3) is 0.417. The number of nitrogens with zero attached hydrogens (tertiary/aromatic N) is 2. The lowest BCUT2D eigenvalue weighted by molar-refractivity contribution is 0.154. The molecule has 0 saturated heterocycles. The lowest BCUT2D eigenvalue weighted by atomic mass is 10.1. The largest absolute Gasteiger partial charge is 0.395 e. The number of hydrogen-bond acceptors (Lipinski definition) is 3. The quantitative estimate of drug-likeness (QED) is 0.873. The van der Waals surface area contributed by atoms with Gasteiger partial charge in [-0.25, -0.2) is 0 Å². The number of benzene rings is 1. The normalized spacial score (nSPS) is 12.5. The molecule has 1 aromatic rings. The van der Waals surface area contributed by atoms with Crippen LogP contribution in [0.1, 0.15) is 18.1 Å². The van der Waals surface area contributed by atoms with Crippen molar-refractivity contribution in [1.29, 1.82) is 5.26 Å². The van der Waals surface area contributed by atoms with Crippen LogP contribution < -0.4 is 0 Å². The smallest absolute Gasteiger partial charge is 0.0992 e. The van der Waals surface area contributed by atoms with Crippen LogP contribution in [0.5, 0.6) is 0 Å². The van der Waals surface area contributed by atoms with Crippen molar-refractivity contribution < 1.29 is 5.11 Å². The summed E-state index contributed by atoms with van der Waals surface area (Å²) in [5.41, 5.74) is 1.52. The second kappa shape index (κ2) is 5.86. The summed E-state index contributed by atoms with van der Waals surface area (Å²) in [4.78, 5) is 2.01. The highest BCUT2D eigenvalue weighted by atomic mass is 35.5. The van der Waals surface area contributed by atoms with Crippen molar-refractivity contribution in [1.82, 2.24) is 4.90 Å². The SMILES string of the molecule is CC(CO)N(C)Cc1ccc(C#N)cc1Cl. The maximum absolute atomic E-state index is 9.02. The lowest BCUT2D eigenvalue weighted by Gasteiger charge is -2.23. The summed E-state index contributed by atoms with van der Waals surface area (Å²) in [6.07, 6.45) is 0. The van der Waals surface area contributed by atoms with E-state index in [2.05, 4.69) is 0 Å². The van der Waals surface area contributed by atoms with E-state index in [1.165, 1.54) is 0 Å². The Morgan fingerprint density at radius 2 is 2.25 bits per heavy atom. The molecule has 0 spiro atoms. The molecule has 0 saturated carbocycles. The van der Waals surface area contributed by atoms with E-state index in [4.69, 9.17) is 22.0 Å². The molecule has 16 heavy (non-hydrogen) atoms. The van der Waals surface area contributed by atoms with Crippen LogP contribution in [0.2, 0.25) is 5.02 Å². The van der Waals surface area contributed by atoms with Crippen molar-refractivity contribution >= 4 is 11.6 Å². The van der Waals surface area contributed by atoms with Crippen molar-refractivity contribution in [2.75, 3.05) is 13.7 Å². The van der Waals surface area contributed by atoms with Gasteiger partial charge >= 0.3 is 0 Å². The van der Waals surface area contributed by atoms with E-state index in [1.54, 1.807) is 12.1 Å². The van der Waals surface area contributed by atoms with Crippen LogP contribution in [-0.2, 0) is 6.54 Å². The van der Waals surface area contributed by atoms with Crippen LogP contribution in [0.4, 0.5) is 0 Å². The van der Waals surface area contributed by atoms with Crippen molar-refractivity contribution in [3.05, 3.63) is 34.3 Å². The topological polar surface area (TPSA) is 47.3 Å². The third-order valence-electron chi connectivity index (χ3n) is 2.62. The third-order valence-corrected chi connectivity index (χ3v) is 2.97. The van der Waals surface area contributed by atoms with Gasteiger partial charge in [0, 0.05) is 17.6 Å². The van der Waals surface area contributed by atoms with Crippen LogP contribution in [-0.4, -0.2) is 29.7 Å². The van der Waals surface area contributed by atoms with Gasteiger partial charge in [0.05, 0.1) is 18.2 Å². The Bertz CT molecular complexity index is 400. The molecule has 1 N–H and O–H groups in total. The highest BCUT2D eigenvalue weighted by Gasteiger charge is 2.10. The molecule has 3 nitrogen and oxygen atoms in total. The van der Waals surface area contributed by atoms with E-state index >= 15 is 0 Å². The summed E-state index contributed by atoms with van der Waals surface area (Å²) < 4.78 is 0. The van der Waals surface area contributed by atoms with E-state index in [1.807, 2.05) is 31.0 Å². The minimum absolute atomic E-state index is 0.0895. The predicted molar refractivity (Wildman–Crippen MR) is 64.2 cm³/mol. The molecule has 1 aromatic carbocycles. The maximum Gasteiger partial charge on any atom is 0.0992 e. The average Bonchev–Trinajstić information content (AvgIpc) is 2.30. The van der Waals surface area contributed by atoms with Gasteiger partial charge in [-0.15, -0.1) is 0 Å². The first-order valence-corrected chi connectivity index (χ1v) is 5.46. The highest BCUT2D eigenvalue weighted by molar-refractivity contribution is 6.31. The maximum atomic E-state index is 9.02. The van der Waals surface area contributed by atoms with Crippen LogP contribution in [0, 0.1) is 11.3 Å². The fourth-order valence-electron chi connectivity index (χ4n) is 1.31. The Hall–Kier alpha value is -1.08. The molecule has 4 heteroatoms. The van der Waals surface area contributed by atoms with Crippen LogP contribution in [0.15, 0.2) is 18.2 Å². The van der Waals surface area contributed by atoms with Crippen molar-refractivity contribution in [3.8, 4) is 6.07 Å². The standard InChI is InChI=1S/C12H15ClN2O/c1-9(8-16)15(2)7-11-4-3-10(6-14)5-12(11)13/h3-5,9,16H,7-8H2,1-2H3. The summed E-state index contributed by atoms with van der Waals surface area (Å²) in [7, 11) is 1.93. The zero-order valence-electron chi connectivity index (χ0n) is 9.44. The summed E-state index contributed by atoms with van der Waals surface area (Å²) >= 11 is 6.06. The van der Waals surface area contributed by atoms with Crippen LogP contribution in [0.25, 0.3) is 0 Å². The Morgan fingerprint density at radius 1 is 1.56 bits per heavy atom. The molecule has 0 aromatic heterocycles. The molecular formula is C12H15ClN2O. The number of likely N-dealkylation sites (N-methyl/N-ethyl adjacent to an activating group) is 1. The predicted octanol–water partition coefficient (Wildman–Crippen LogP) is 2.02. The van der Waals surface area contributed by atoms with E-state index in [9.17, 15) is 0 Å². The van der Waals surface area contributed by atoms with Crippen LogP contribution >= 0.6 is 11.6 Å². The van der Waals surface area contributed by atoms with Crippen molar-refractivity contribution in [2.45, 2.75) is 19.5 Å². The molecule has 0 fully saturated rings. The second-order valence-corrected chi connectivity index (χ2v) is 4.27. The molecule has 0 aliphatic carbocycles. The Balaban J connectivity index is 2.79. The molecule has 1 atom stereocenters. The zero-order valence-corrected chi connectivity index (χ0v) is 10.2. The third kappa shape index (κ3) is 3.21. The summed E-state index contributed by atoms with van der Waals surface area (Å²) in [5, 5.41) is 18.3. The van der Waals surface area contributed by atoms with Gasteiger partial charge in [0.25, 0.3) is 0 Å². The number of hydrogen-bond donors (Lipinski definition) is 1. The highest BCUT2D eigenvalue weighted by Crippen LogP contribution is 2.19. The number of aliphatic hydroxyl groups is 1. The van der Waals surface area contributed by atoms with Crippen molar-refractivity contribution in [2.24, 2.45) is 0 Å². The number of halogens is 1. The van der Waals surface area contributed by atoms with Gasteiger partial charge in [0.1, 0.15) is 0 Å². The van der Waals surface area contributed by atoms with Gasteiger partial charge < -0.3 is 5.11 Å². The minimum atomic E-state index is 0.0895. The Kier molecular flexibility index (Phi) is 4.75. The lowest BCUT2D eigenvalue weighted by Crippen LogP contribution is -2.31. The van der Waals surface area contributed by atoms with E-state index in [0.717, 1.165) is 5.56 Å². The van der Waals surface area contributed by atoms with Gasteiger partial charge in [-0.2, -0.15) is 5.26 Å². The molecule has 0 radical (unpaired) electrons. The molecule has 1 unspecified atom stereocenters. The average molecular weight is 239 g/mol. The minimum Gasteiger partial charge on any atom is -0.395 e. The van der Waals surface area contributed by atoms with Gasteiger partial charge in [0.2, 0.25) is 0 Å². The van der Waals surface area contributed by atoms with E-state index in [0.29, 0.717) is 17.1 Å². The van der Waals surface area contributed by atoms with Gasteiger partial charge in [-0.1, -0.05) is 17.7 Å². The fourth-order valence-corrected chi connectivity index (χ4v) is 1.55. The first-order valence-electron chi connectivity index (χ1n) is 5.08. The molecule has 86 valence electrons. The molecule has 0 aliphatic heterocycles. The summed E-state index contributed by atoms with van der Waals surface area (Å²) in [6, 6.07) is 7.39. The molecule has 0 bridgehead atoms. The first-order chi connectivity index (χ1) is 7.58. The van der Waals surface area contributed by atoms with E-state index < -0.39 is 0 Å². The molecule has 0 aliphatic rings. The first kappa shape index (κ1) is 13.0. The zero-order chi connectivity index (χ0) is 12.1. The van der Waals surface area contributed by atoms with Gasteiger partial charge in [-0.3, -0.25) is 4.90 Å². The Labute approximate surface area is 101 Å². The van der Waals surface area contributed by atoms with Gasteiger partial charge in [-0.05, 0) is 31.7 Å². The number of aliphatic hydroxyl groups excluding tert-OH is 1. The molecular weight excluding hydrogens is 224 g/mol.